The minimum Gasteiger partial charge on any atom is -0.435 e. The van der Waals surface area contributed by atoms with E-state index in [9.17, 15) is 8.78 Å². The Labute approximate surface area is 126 Å². The first kappa shape index (κ1) is 15.7. The van der Waals surface area contributed by atoms with E-state index in [1.807, 2.05) is 24.3 Å². The third-order valence-electron chi connectivity index (χ3n) is 3.09. The lowest BCUT2D eigenvalue weighted by Gasteiger charge is -2.17. The maximum absolute atomic E-state index is 12.1. The van der Waals surface area contributed by atoms with Crippen LogP contribution < -0.4 is 16.0 Å². The van der Waals surface area contributed by atoms with Crippen molar-refractivity contribution in [1.82, 2.24) is 5.43 Å². The normalized spacial score (nSPS) is 12.4. The number of hydrogen-bond donors (Lipinski definition) is 2. The fraction of sp³-hybridized carbons (Fsp3) is 0.200. The fourth-order valence-corrected chi connectivity index (χ4v) is 2.25. The quantitative estimate of drug-likeness (QED) is 0.632. The van der Waals surface area contributed by atoms with Gasteiger partial charge < -0.3 is 4.74 Å². The van der Waals surface area contributed by atoms with Gasteiger partial charge in [-0.05, 0) is 35.7 Å². The molecule has 0 aliphatic rings. The highest BCUT2D eigenvalue weighted by Gasteiger charge is 2.13. The Bertz CT molecular complexity index is 578. The summed E-state index contributed by atoms with van der Waals surface area (Å²) in [5, 5.41) is 0.662. The lowest BCUT2D eigenvalue weighted by Crippen LogP contribution is -2.29. The second-order valence-corrected chi connectivity index (χ2v) is 4.87. The average Bonchev–Trinajstić information content (AvgIpc) is 2.47. The highest BCUT2D eigenvalue weighted by atomic mass is 35.5. The zero-order valence-corrected chi connectivity index (χ0v) is 11.9. The van der Waals surface area contributed by atoms with Crippen molar-refractivity contribution in [2.75, 3.05) is 0 Å². The van der Waals surface area contributed by atoms with E-state index in [4.69, 9.17) is 17.4 Å². The zero-order valence-electron chi connectivity index (χ0n) is 11.1. The first-order valence-corrected chi connectivity index (χ1v) is 6.72. The highest BCUT2D eigenvalue weighted by Crippen LogP contribution is 2.24. The molecule has 0 spiro atoms. The molecule has 1 unspecified atom stereocenters. The predicted molar refractivity (Wildman–Crippen MR) is 78.3 cm³/mol. The summed E-state index contributed by atoms with van der Waals surface area (Å²) < 4.78 is 28.5. The molecule has 0 radical (unpaired) electrons. The maximum Gasteiger partial charge on any atom is 0.387 e. The Kier molecular flexibility index (Phi) is 5.50. The van der Waals surface area contributed by atoms with Gasteiger partial charge in [0.2, 0.25) is 0 Å². The number of hydrazine groups is 1. The molecule has 3 nitrogen and oxygen atoms in total. The van der Waals surface area contributed by atoms with E-state index in [-0.39, 0.29) is 11.8 Å². The number of ether oxygens (including phenoxy) is 1. The Morgan fingerprint density at radius 1 is 1.10 bits per heavy atom. The van der Waals surface area contributed by atoms with Crippen LogP contribution in [0.5, 0.6) is 5.75 Å². The van der Waals surface area contributed by atoms with Crippen molar-refractivity contribution in [2.24, 2.45) is 5.84 Å². The molecule has 0 bridgehead atoms. The minimum atomic E-state index is -2.83. The molecule has 2 aromatic carbocycles. The van der Waals surface area contributed by atoms with Gasteiger partial charge in [-0.15, -0.1) is 0 Å². The lowest BCUT2D eigenvalue weighted by atomic mass is 9.99. The van der Waals surface area contributed by atoms with Crippen LogP contribution in [0.2, 0.25) is 5.02 Å². The van der Waals surface area contributed by atoms with E-state index in [1.54, 1.807) is 12.1 Å². The van der Waals surface area contributed by atoms with Crippen LogP contribution in [-0.4, -0.2) is 6.61 Å². The van der Waals surface area contributed by atoms with Gasteiger partial charge in [0.05, 0.1) is 6.04 Å². The topological polar surface area (TPSA) is 47.3 Å². The van der Waals surface area contributed by atoms with E-state index >= 15 is 0 Å². The van der Waals surface area contributed by atoms with Crippen molar-refractivity contribution in [2.45, 2.75) is 19.1 Å². The van der Waals surface area contributed by atoms with Crippen LogP contribution in [0.4, 0.5) is 8.78 Å². The third kappa shape index (κ3) is 4.39. The van der Waals surface area contributed by atoms with Gasteiger partial charge in [0.15, 0.2) is 0 Å². The van der Waals surface area contributed by atoms with Gasteiger partial charge in [0, 0.05) is 5.02 Å². The molecule has 0 amide bonds. The second-order valence-electron chi connectivity index (χ2n) is 4.46. The molecule has 2 aromatic rings. The first-order valence-electron chi connectivity index (χ1n) is 6.34. The summed E-state index contributed by atoms with van der Waals surface area (Å²) in [6.45, 7) is -2.83. The Balaban J connectivity index is 2.12. The Morgan fingerprint density at radius 2 is 1.76 bits per heavy atom. The van der Waals surface area contributed by atoms with Crippen molar-refractivity contribution < 1.29 is 13.5 Å². The minimum absolute atomic E-state index is 0.113. The van der Waals surface area contributed by atoms with Crippen molar-refractivity contribution in [1.29, 1.82) is 0 Å². The molecule has 0 saturated carbocycles. The highest BCUT2D eigenvalue weighted by molar-refractivity contribution is 6.31. The maximum atomic E-state index is 12.1. The van der Waals surface area contributed by atoms with Crippen LogP contribution in [0.1, 0.15) is 17.2 Å². The van der Waals surface area contributed by atoms with E-state index in [0.717, 1.165) is 11.1 Å². The van der Waals surface area contributed by atoms with Gasteiger partial charge in [-0.2, -0.15) is 8.78 Å². The molecule has 21 heavy (non-hydrogen) atoms. The van der Waals surface area contributed by atoms with Crippen LogP contribution in [0.3, 0.4) is 0 Å². The molecular weight excluding hydrogens is 298 g/mol. The van der Waals surface area contributed by atoms with Gasteiger partial charge in [0.25, 0.3) is 0 Å². The van der Waals surface area contributed by atoms with E-state index < -0.39 is 6.61 Å². The largest absolute Gasteiger partial charge is 0.435 e. The molecular formula is C15H15ClF2N2O. The van der Waals surface area contributed by atoms with Crippen LogP contribution in [-0.2, 0) is 6.42 Å². The molecule has 0 aliphatic heterocycles. The summed E-state index contributed by atoms with van der Waals surface area (Å²) in [5.41, 5.74) is 4.52. The van der Waals surface area contributed by atoms with Crippen LogP contribution in [0, 0.1) is 0 Å². The molecule has 3 N–H and O–H groups in total. The molecule has 2 rings (SSSR count). The van der Waals surface area contributed by atoms with Crippen molar-refractivity contribution >= 4 is 11.6 Å². The van der Waals surface area contributed by atoms with Crippen molar-refractivity contribution in [3.63, 3.8) is 0 Å². The number of hydrogen-bond acceptors (Lipinski definition) is 3. The molecule has 0 fully saturated rings. The van der Waals surface area contributed by atoms with Gasteiger partial charge in [-0.3, -0.25) is 11.3 Å². The summed E-state index contributed by atoms with van der Waals surface area (Å²) in [6, 6.07) is 13.7. The van der Waals surface area contributed by atoms with Crippen LogP contribution in [0.15, 0.2) is 48.5 Å². The Morgan fingerprint density at radius 3 is 2.33 bits per heavy atom. The van der Waals surface area contributed by atoms with E-state index in [2.05, 4.69) is 10.2 Å². The number of benzene rings is 2. The van der Waals surface area contributed by atoms with E-state index in [1.165, 1.54) is 12.1 Å². The summed E-state index contributed by atoms with van der Waals surface area (Å²) in [5.74, 6) is 5.69. The number of alkyl halides is 2. The summed E-state index contributed by atoms with van der Waals surface area (Å²) in [7, 11) is 0. The van der Waals surface area contributed by atoms with Crippen LogP contribution >= 0.6 is 11.6 Å². The number of nitrogens with two attached hydrogens (primary N) is 1. The molecule has 0 aromatic heterocycles. The first-order chi connectivity index (χ1) is 10.1. The summed E-state index contributed by atoms with van der Waals surface area (Å²) in [4.78, 5) is 0. The van der Waals surface area contributed by atoms with Gasteiger partial charge in [0.1, 0.15) is 5.75 Å². The second kappa shape index (κ2) is 7.36. The monoisotopic (exact) mass is 312 g/mol. The van der Waals surface area contributed by atoms with Gasteiger partial charge in [-0.25, -0.2) is 0 Å². The van der Waals surface area contributed by atoms with Crippen LogP contribution in [0.25, 0.3) is 0 Å². The zero-order chi connectivity index (χ0) is 15.2. The molecule has 0 aliphatic carbocycles. The van der Waals surface area contributed by atoms with Crippen molar-refractivity contribution in [3.8, 4) is 5.75 Å². The smallest absolute Gasteiger partial charge is 0.387 e. The fourth-order valence-electron chi connectivity index (χ4n) is 2.04. The molecule has 0 saturated heterocycles. The molecule has 6 heteroatoms. The predicted octanol–water partition coefficient (Wildman–Crippen LogP) is 3.69. The molecule has 1 atom stereocenters. The Hall–Kier alpha value is -1.69. The van der Waals surface area contributed by atoms with E-state index in [0.29, 0.717) is 11.4 Å². The van der Waals surface area contributed by atoms with Gasteiger partial charge >= 0.3 is 6.61 Å². The SMILES string of the molecule is NNC(Cc1ccccc1Cl)c1ccc(OC(F)F)cc1. The molecule has 112 valence electrons. The standard InChI is InChI=1S/C15H15ClF2N2O/c16-13-4-2-1-3-11(13)9-14(20-19)10-5-7-12(8-6-10)21-15(17)18/h1-8,14-15,20H,9,19H2. The average molecular weight is 313 g/mol. The lowest BCUT2D eigenvalue weighted by molar-refractivity contribution is -0.0498. The summed E-state index contributed by atoms with van der Waals surface area (Å²) in [6.07, 6.45) is 0.589. The number of rotatable bonds is 6. The molecule has 0 heterocycles. The number of nitrogens with one attached hydrogen (secondary N) is 1. The summed E-state index contributed by atoms with van der Waals surface area (Å²) >= 11 is 6.12. The van der Waals surface area contributed by atoms with Gasteiger partial charge in [-0.1, -0.05) is 41.9 Å². The third-order valence-corrected chi connectivity index (χ3v) is 3.46. The number of halogens is 3. The van der Waals surface area contributed by atoms with Crippen molar-refractivity contribution in [3.05, 3.63) is 64.7 Å².